The van der Waals surface area contributed by atoms with Crippen LogP contribution in [0, 0.1) is 12.3 Å². The molecule has 1 N–H and O–H groups in total. The number of nitrogens with one attached hydrogen (secondary N) is 1. The summed E-state index contributed by atoms with van der Waals surface area (Å²) in [6, 6.07) is 5.37. The van der Waals surface area contributed by atoms with E-state index < -0.39 is 12.2 Å². The highest BCUT2D eigenvalue weighted by Gasteiger charge is 2.18. The van der Waals surface area contributed by atoms with Crippen LogP contribution in [0.5, 0.6) is 5.75 Å². The summed E-state index contributed by atoms with van der Waals surface area (Å²) < 4.78 is 28.0. The van der Waals surface area contributed by atoms with E-state index in [9.17, 15) is 13.6 Å². The van der Waals surface area contributed by atoms with Crippen molar-refractivity contribution < 1.29 is 18.3 Å². The van der Waals surface area contributed by atoms with Crippen molar-refractivity contribution >= 4 is 5.91 Å². The number of carbonyl (C=O) groups is 1. The van der Waals surface area contributed by atoms with Crippen molar-refractivity contribution in [3.63, 3.8) is 0 Å². The first-order chi connectivity index (χ1) is 8.34. The number of carbonyl (C=O) groups excluding carboxylic acids is 1. The smallest absolute Gasteiger partial charge is 0.387 e. The molecule has 0 spiro atoms. The van der Waals surface area contributed by atoms with Gasteiger partial charge in [-0.3, -0.25) is 4.79 Å². The minimum Gasteiger partial charge on any atom is -0.435 e. The Balaban J connectivity index is 2.74. The number of terminal acetylenes is 1. The zero-order chi connectivity index (χ0) is 13.8. The van der Waals surface area contributed by atoms with Crippen molar-refractivity contribution in [2.24, 2.45) is 0 Å². The molecule has 0 fully saturated rings. The van der Waals surface area contributed by atoms with Crippen molar-refractivity contribution in [1.82, 2.24) is 5.32 Å². The van der Waals surface area contributed by atoms with Gasteiger partial charge in [-0.05, 0) is 38.1 Å². The van der Waals surface area contributed by atoms with Gasteiger partial charge < -0.3 is 10.1 Å². The van der Waals surface area contributed by atoms with Crippen molar-refractivity contribution in [3.8, 4) is 18.1 Å². The molecule has 1 rings (SSSR count). The topological polar surface area (TPSA) is 38.3 Å². The number of alkyl halides is 2. The molecule has 0 aliphatic heterocycles. The predicted octanol–water partition coefficient (Wildman–Crippen LogP) is 2.43. The van der Waals surface area contributed by atoms with Crippen LogP contribution in [0.15, 0.2) is 24.3 Å². The first-order valence-corrected chi connectivity index (χ1v) is 5.19. The summed E-state index contributed by atoms with van der Waals surface area (Å²) in [5.74, 6) is 2.05. The summed E-state index contributed by atoms with van der Waals surface area (Å²) >= 11 is 0. The van der Waals surface area contributed by atoms with Crippen molar-refractivity contribution in [2.75, 3.05) is 0 Å². The van der Waals surface area contributed by atoms with Crippen LogP contribution in [-0.4, -0.2) is 18.1 Å². The third-order valence-electron chi connectivity index (χ3n) is 2.13. The van der Waals surface area contributed by atoms with Crippen molar-refractivity contribution in [1.29, 1.82) is 0 Å². The van der Waals surface area contributed by atoms with Crippen LogP contribution in [-0.2, 0) is 0 Å². The summed E-state index contributed by atoms with van der Waals surface area (Å²) in [5.41, 5.74) is -0.449. The normalized spacial score (nSPS) is 10.9. The Morgan fingerprint density at radius 3 is 2.39 bits per heavy atom. The number of ether oxygens (including phenoxy) is 1. The second-order valence-electron chi connectivity index (χ2n) is 4.13. The van der Waals surface area contributed by atoms with E-state index in [4.69, 9.17) is 6.42 Å². The number of hydrogen-bond donors (Lipinski definition) is 1. The van der Waals surface area contributed by atoms with Crippen LogP contribution in [0.25, 0.3) is 0 Å². The standard InChI is InChI=1S/C13H13F2NO2/c1-4-13(2,3)16-11(17)9-5-7-10(8-6-9)18-12(14)15/h1,5-8,12H,2-3H3,(H,16,17). The van der Waals surface area contributed by atoms with E-state index in [-0.39, 0.29) is 11.7 Å². The van der Waals surface area contributed by atoms with E-state index in [0.29, 0.717) is 5.56 Å². The van der Waals surface area contributed by atoms with Gasteiger partial charge in [0.25, 0.3) is 5.91 Å². The zero-order valence-corrected chi connectivity index (χ0v) is 10.0. The van der Waals surface area contributed by atoms with Gasteiger partial charge in [0.1, 0.15) is 5.75 Å². The molecule has 5 heteroatoms. The third-order valence-corrected chi connectivity index (χ3v) is 2.13. The van der Waals surface area contributed by atoms with Crippen LogP contribution in [0.4, 0.5) is 8.78 Å². The summed E-state index contributed by atoms with van der Waals surface area (Å²) in [6.45, 7) is 0.475. The number of rotatable bonds is 4. The lowest BCUT2D eigenvalue weighted by molar-refractivity contribution is -0.0498. The lowest BCUT2D eigenvalue weighted by atomic mass is 10.1. The Morgan fingerprint density at radius 1 is 1.39 bits per heavy atom. The average Bonchev–Trinajstić information content (AvgIpc) is 2.28. The van der Waals surface area contributed by atoms with E-state index >= 15 is 0 Å². The molecular weight excluding hydrogens is 240 g/mol. The minimum atomic E-state index is -2.88. The largest absolute Gasteiger partial charge is 0.435 e. The Bertz CT molecular complexity index is 461. The minimum absolute atomic E-state index is 0.00207. The molecule has 0 aromatic heterocycles. The Labute approximate surface area is 104 Å². The maximum Gasteiger partial charge on any atom is 0.387 e. The van der Waals surface area contributed by atoms with Gasteiger partial charge in [-0.25, -0.2) is 0 Å². The molecular formula is C13H13F2NO2. The monoisotopic (exact) mass is 253 g/mol. The van der Waals surface area contributed by atoms with E-state index in [2.05, 4.69) is 16.0 Å². The molecule has 0 radical (unpaired) electrons. The average molecular weight is 253 g/mol. The van der Waals surface area contributed by atoms with Crippen LogP contribution in [0.3, 0.4) is 0 Å². The first-order valence-electron chi connectivity index (χ1n) is 5.19. The second kappa shape index (κ2) is 5.50. The van der Waals surface area contributed by atoms with Gasteiger partial charge in [0.15, 0.2) is 0 Å². The van der Waals surface area contributed by atoms with Gasteiger partial charge >= 0.3 is 6.61 Å². The van der Waals surface area contributed by atoms with E-state index in [1.807, 2.05) is 0 Å². The van der Waals surface area contributed by atoms with Crippen LogP contribution in [0.1, 0.15) is 24.2 Å². The number of hydrogen-bond acceptors (Lipinski definition) is 2. The highest BCUT2D eigenvalue weighted by Crippen LogP contribution is 2.15. The van der Waals surface area contributed by atoms with Gasteiger partial charge in [-0.1, -0.05) is 5.92 Å². The quantitative estimate of drug-likeness (QED) is 0.837. The van der Waals surface area contributed by atoms with Crippen LogP contribution in [0.2, 0.25) is 0 Å². The van der Waals surface area contributed by atoms with Gasteiger partial charge in [0.2, 0.25) is 0 Å². The van der Waals surface area contributed by atoms with Gasteiger partial charge in [0.05, 0.1) is 5.54 Å². The molecule has 0 atom stereocenters. The Hall–Kier alpha value is -2.09. The summed E-state index contributed by atoms with van der Waals surface area (Å²) in [5, 5.41) is 2.62. The molecule has 0 aliphatic rings. The second-order valence-corrected chi connectivity index (χ2v) is 4.13. The molecule has 0 heterocycles. The number of halogens is 2. The predicted molar refractivity (Wildman–Crippen MR) is 63.5 cm³/mol. The molecule has 1 aromatic rings. The maximum atomic E-state index is 11.9. The fourth-order valence-electron chi connectivity index (χ4n) is 1.18. The lowest BCUT2D eigenvalue weighted by Crippen LogP contribution is -2.42. The SMILES string of the molecule is C#CC(C)(C)NC(=O)c1ccc(OC(F)F)cc1. The summed E-state index contributed by atoms with van der Waals surface area (Å²) in [7, 11) is 0. The molecule has 96 valence electrons. The summed E-state index contributed by atoms with van der Waals surface area (Å²) in [6.07, 6.45) is 5.24. The molecule has 1 amide bonds. The van der Waals surface area contributed by atoms with Crippen molar-refractivity contribution in [2.45, 2.75) is 26.0 Å². The fraction of sp³-hybridized carbons (Fsp3) is 0.308. The molecule has 0 saturated carbocycles. The molecule has 0 aliphatic carbocycles. The first kappa shape index (κ1) is 14.0. The maximum absolute atomic E-state index is 11.9. The van der Waals surface area contributed by atoms with Crippen molar-refractivity contribution in [3.05, 3.63) is 29.8 Å². The van der Waals surface area contributed by atoms with Gasteiger partial charge in [-0.2, -0.15) is 8.78 Å². The number of benzene rings is 1. The molecule has 0 bridgehead atoms. The Morgan fingerprint density at radius 2 is 1.94 bits per heavy atom. The molecule has 0 unspecified atom stereocenters. The molecule has 18 heavy (non-hydrogen) atoms. The highest BCUT2D eigenvalue weighted by atomic mass is 19.3. The highest BCUT2D eigenvalue weighted by molar-refractivity contribution is 5.95. The number of amides is 1. The van der Waals surface area contributed by atoms with Gasteiger partial charge in [0, 0.05) is 5.56 Å². The van der Waals surface area contributed by atoms with Crippen LogP contribution >= 0.6 is 0 Å². The fourth-order valence-corrected chi connectivity index (χ4v) is 1.18. The van der Waals surface area contributed by atoms with Gasteiger partial charge in [-0.15, -0.1) is 6.42 Å². The molecule has 0 saturated heterocycles. The Kier molecular flexibility index (Phi) is 4.27. The lowest BCUT2D eigenvalue weighted by Gasteiger charge is -2.19. The zero-order valence-electron chi connectivity index (χ0n) is 10.0. The summed E-state index contributed by atoms with van der Waals surface area (Å²) in [4.78, 5) is 11.8. The van der Waals surface area contributed by atoms with E-state index in [0.717, 1.165) is 0 Å². The molecule has 3 nitrogen and oxygen atoms in total. The van der Waals surface area contributed by atoms with E-state index in [1.54, 1.807) is 13.8 Å². The van der Waals surface area contributed by atoms with E-state index in [1.165, 1.54) is 24.3 Å². The third kappa shape index (κ3) is 4.06. The van der Waals surface area contributed by atoms with Crippen LogP contribution < -0.4 is 10.1 Å². The molecule has 1 aromatic carbocycles.